The number of benzene rings is 2. The first-order chi connectivity index (χ1) is 12.1. The van der Waals surface area contributed by atoms with Crippen LogP contribution in [0.3, 0.4) is 0 Å². The molecular formula is C19H15ClN4O. The van der Waals surface area contributed by atoms with E-state index in [4.69, 9.17) is 11.6 Å². The average molecular weight is 351 g/mol. The van der Waals surface area contributed by atoms with Gasteiger partial charge in [-0.05, 0) is 30.7 Å². The van der Waals surface area contributed by atoms with Crippen molar-refractivity contribution < 1.29 is 0 Å². The standard InChI is InChI=1S/C19H15ClN4O/c1-13-16-11-21-24(15-8-3-2-4-9-15)18(16)19(25)23(22-13)12-14-7-5-6-10-17(14)20/h2-11H,12H2,1H3. The van der Waals surface area contributed by atoms with E-state index in [0.29, 0.717) is 17.1 Å². The maximum absolute atomic E-state index is 13.0. The van der Waals surface area contributed by atoms with E-state index >= 15 is 0 Å². The quantitative estimate of drug-likeness (QED) is 0.567. The summed E-state index contributed by atoms with van der Waals surface area (Å²) in [6.45, 7) is 2.19. The first-order valence-electron chi connectivity index (χ1n) is 7.89. The largest absolute Gasteiger partial charge is 0.293 e. The van der Waals surface area contributed by atoms with Crippen LogP contribution in [-0.2, 0) is 6.54 Å². The molecule has 124 valence electrons. The van der Waals surface area contributed by atoms with E-state index in [9.17, 15) is 4.79 Å². The van der Waals surface area contributed by atoms with Crippen molar-refractivity contribution >= 4 is 22.5 Å². The molecule has 25 heavy (non-hydrogen) atoms. The van der Waals surface area contributed by atoms with Crippen molar-refractivity contribution in [3.63, 3.8) is 0 Å². The van der Waals surface area contributed by atoms with Gasteiger partial charge in [0.2, 0.25) is 0 Å². The Hall–Kier alpha value is -2.92. The Morgan fingerprint density at radius 1 is 1.04 bits per heavy atom. The number of hydrogen-bond acceptors (Lipinski definition) is 3. The lowest BCUT2D eigenvalue weighted by atomic mass is 10.2. The summed E-state index contributed by atoms with van der Waals surface area (Å²) < 4.78 is 3.11. The number of para-hydroxylation sites is 1. The molecule has 5 nitrogen and oxygen atoms in total. The van der Waals surface area contributed by atoms with Gasteiger partial charge in [0.25, 0.3) is 5.56 Å². The summed E-state index contributed by atoms with van der Waals surface area (Å²) in [6.07, 6.45) is 1.69. The molecule has 0 saturated heterocycles. The van der Waals surface area contributed by atoms with Crippen molar-refractivity contribution in [1.82, 2.24) is 19.6 Å². The smallest absolute Gasteiger partial charge is 0.265 e. The minimum Gasteiger partial charge on any atom is -0.265 e. The van der Waals surface area contributed by atoms with Crippen LogP contribution in [0, 0.1) is 6.92 Å². The molecule has 0 amide bonds. The fourth-order valence-corrected chi connectivity index (χ4v) is 3.08. The molecule has 4 aromatic rings. The molecule has 2 heterocycles. The van der Waals surface area contributed by atoms with E-state index in [1.165, 1.54) is 4.68 Å². The van der Waals surface area contributed by atoms with Gasteiger partial charge < -0.3 is 0 Å². The molecule has 6 heteroatoms. The SMILES string of the molecule is Cc1nn(Cc2ccccc2Cl)c(=O)c2c1cnn2-c1ccccc1. The van der Waals surface area contributed by atoms with Crippen LogP contribution in [0.4, 0.5) is 0 Å². The number of halogens is 1. The lowest BCUT2D eigenvalue weighted by molar-refractivity contribution is 0.635. The summed E-state index contributed by atoms with van der Waals surface area (Å²) >= 11 is 6.23. The van der Waals surface area contributed by atoms with E-state index in [2.05, 4.69) is 10.2 Å². The van der Waals surface area contributed by atoms with Crippen LogP contribution in [0.25, 0.3) is 16.6 Å². The number of nitrogens with zero attached hydrogens (tertiary/aromatic N) is 4. The van der Waals surface area contributed by atoms with Crippen LogP contribution in [0.2, 0.25) is 5.02 Å². The molecule has 0 atom stereocenters. The van der Waals surface area contributed by atoms with Gasteiger partial charge in [-0.3, -0.25) is 4.79 Å². The van der Waals surface area contributed by atoms with Gasteiger partial charge in [-0.1, -0.05) is 48.0 Å². The first-order valence-corrected chi connectivity index (χ1v) is 8.27. The van der Waals surface area contributed by atoms with E-state index in [1.807, 2.05) is 61.5 Å². The molecule has 0 aliphatic rings. The Balaban J connectivity index is 1.92. The number of rotatable bonds is 3. The van der Waals surface area contributed by atoms with Crippen LogP contribution >= 0.6 is 11.6 Å². The predicted octanol–water partition coefficient (Wildman–Crippen LogP) is 3.59. The Labute approximate surface area is 149 Å². The second kappa shape index (κ2) is 6.18. The van der Waals surface area contributed by atoms with Gasteiger partial charge in [0.1, 0.15) is 5.52 Å². The minimum atomic E-state index is -0.193. The van der Waals surface area contributed by atoms with Gasteiger partial charge in [0, 0.05) is 10.4 Å². The molecule has 0 saturated carbocycles. The number of aryl methyl sites for hydroxylation is 1. The van der Waals surface area contributed by atoms with E-state index in [0.717, 1.165) is 22.3 Å². The summed E-state index contributed by atoms with van der Waals surface area (Å²) in [5.41, 5.74) is 2.77. The summed E-state index contributed by atoms with van der Waals surface area (Å²) in [5, 5.41) is 10.2. The zero-order valence-corrected chi connectivity index (χ0v) is 14.3. The topological polar surface area (TPSA) is 52.7 Å². The molecule has 0 aliphatic carbocycles. The summed E-state index contributed by atoms with van der Waals surface area (Å²) in [6, 6.07) is 17.1. The minimum absolute atomic E-state index is 0.193. The lowest BCUT2D eigenvalue weighted by Crippen LogP contribution is -2.26. The van der Waals surface area contributed by atoms with Crippen molar-refractivity contribution in [3.8, 4) is 5.69 Å². The fraction of sp³-hybridized carbons (Fsp3) is 0.105. The van der Waals surface area contributed by atoms with Crippen molar-refractivity contribution in [2.75, 3.05) is 0 Å². The Kier molecular flexibility index (Phi) is 3.86. The Morgan fingerprint density at radius 3 is 2.52 bits per heavy atom. The molecular weight excluding hydrogens is 336 g/mol. The lowest BCUT2D eigenvalue weighted by Gasteiger charge is -2.09. The third-order valence-electron chi connectivity index (χ3n) is 4.15. The number of fused-ring (bicyclic) bond motifs is 1. The van der Waals surface area contributed by atoms with Crippen LogP contribution in [0.1, 0.15) is 11.3 Å². The Morgan fingerprint density at radius 2 is 1.76 bits per heavy atom. The molecule has 0 bridgehead atoms. The van der Waals surface area contributed by atoms with E-state index in [-0.39, 0.29) is 5.56 Å². The summed E-state index contributed by atoms with van der Waals surface area (Å²) in [4.78, 5) is 13.0. The second-order valence-electron chi connectivity index (χ2n) is 5.79. The maximum Gasteiger partial charge on any atom is 0.293 e. The van der Waals surface area contributed by atoms with Crippen LogP contribution < -0.4 is 5.56 Å². The van der Waals surface area contributed by atoms with Gasteiger partial charge in [0.15, 0.2) is 0 Å². The second-order valence-corrected chi connectivity index (χ2v) is 6.20. The highest BCUT2D eigenvalue weighted by Gasteiger charge is 2.15. The van der Waals surface area contributed by atoms with Crippen molar-refractivity contribution in [2.45, 2.75) is 13.5 Å². The van der Waals surface area contributed by atoms with Gasteiger partial charge in [-0.25, -0.2) is 9.36 Å². The molecule has 2 aromatic carbocycles. The van der Waals surface area contributed by atoms with Gasteiger partial charge >= 0.3 is 0 Å². The van der Waals surface area contributed by atoms with E-state index in [1.54, 1.807) is 10.9 Å². The van der Waals surface area contributed by atoms with Crippen molar-refractivity contribution in [2.24, 2.45) is 0 Å². The highest BCUT2D eigenvalue weighted by molar-refractivity contribution is 6.31. The average Bonchev–Trinajstić information content (AvgIpc) is 3.08. The van der Waals surface area contributed by atoms with Crippen LogP contribution in [-0.4, -0.2) is 19.6 Å². The molecule has 4 rings (SSSR count). The highest BCUT2D eigenvalue weighted by Crippen LogP contribution is 2.19. The van der Waals surface area contributed by atoms with Crippen LogP contribution in [0.15, 0.2) is 65.6 Å². The van der Waals surface area contributed by atoms with Gasteiger partial charge in [-0.15, -0.1) is 0 Å². The Bertz CT molecular complexity index is 1120. The maximum atomic E-state index is 13.0. The number of aromatic nitrogens is 4. The first kappa shape index (κ1) is 15.6. The fourth-order valence-electron chi connectivity index (χ4n) is 2.88. The zero-order chi connectivity index (χ0) is 17.4. The highest BCUT2D eigenvalue weighted by atomic mass is 35.5. The predicted molar refractivity (Wildman–Crippen MR) is 98.4 cm³/mol. The third kappa shape index (κ3) is 2.72. The molecule has 0 radical (unpaired) electrons. The van der Waals surface area contributed by atoms with Crippen molar-refractivity contribution in [3.05, 3.63) is 87.4 Å². The monoisotopic (exact) mass is 350 g/mol. The third-order valence-corrected chi connectivity index (χ3v) is 4.51. The molecule has 0 unspecified atom stereocenters. The molecule has 0 spiro atoms. The van der Waals surface area contributed by atoms with Crippen LogP contribution in [0.5, 0.6) is 0 Å². The van der Waals surface area contributed by atoms with Crippen molar-refractivity contribution in [1.29, 1.82) is 0 Å². The normalized spacial score (nSPS) is 11.1. The zero-order valence-electron chi connectivity index (χ0n) is 13.6. The molecule has 0 aliphatic heterocycles. The van der Waals surface area contributed by atoms with E-state index < -0.39 is 0 Å². The molecule has 2 aromatic heterocycles. The summed E-state index contributed by atoms with van der Waals surface area (Å²) in [5.74, 6) is 0. The van der Waals surface area contributed by atoms with Gasteiger partial charge in [-0.2, -0.15) is 10.2 Å². The van der Waals surface area contributed by atoms with Gasteiger partial charge in [0.05, 0.1) is 24.1 Å². The molecule has 0 fully saturated rings. The molecule has 0 N–H and O–H groups in total. The number of hydrogen-bond donors (Lipinski definition) is 0. The summed E-state index contributed by atoms with van der Waals surface area (Å²) in [7, 11) is 0.